The third-order valence-corrected chi connectivity index (χ3v) is 3.40. The fourth-order valence-corrected chi connectivity index (χ4v) is 2.38. The number of methoxy groups -OCH3 is 1. The van der Waals surface area contributed by atoms with Crippen LogP contribution in [0.2, 0.25) is 0 Å². The molecule has 2 unspecified atom stereocenters. The first-order valence-electron chi connectivity index (χ1n) is 6.22. The SMILES string of the molecule is COC(=O)C1CCC=C(C(O)c2ccccc2)C1. The summed E-state index contributed by atoms with van der Waals surface area (Å²) < 4.78 is 4.78. The molecular weight excluding hydrogens is 228 g/mol. The Morgan fingerprint density at radius 1 is 1.39 bits per heavy atom. The van der Waals surface area contributed by atoms with Gasteiger partial charge in [-0.05, 0) is 30.4 Å². The predicted octanol–water partition coefficient (Wildman–Crippen LogP) is 2.62. The number of allylic oxidation sites excluding steroid dienone is 1. The van der Waals surface area contributed by atoms with Crippen LogP contribution in [0.15, 0.2) is 42.0 Å². The fraction of sp³-hybridized carbons (Fsp3) is 0.400. The summed E-state index contributed by atoms with van der Waals surface area (Å²) in [6.07, 6.45) is 3.63. The Morgan fingerprint density at radius 3 is 2.78 bits per heavy atom. The van der Waals surface area contributed by atoms with E-state index in [0.717, 1.165) is 24.0 Å². The topological polar surface area (TPSA) is 46.5 Å². The van der Waals surface area contributed by atoms with Crippen molar-refractivity contribution >= 4 is 5.97 Å². The van der Waals surface area contributed by atoms with E-state index in [9.17, 15) is 9.90 Å². The first-order valence-corrected chi connectivity index (χ1v) is 6.22. The van der Waals surface area contributed by atoms with Crippen molar-refractivity contribution in [2.45, 2.75) is 25.4 Å². The van der Waals surface area contributed by atoms with E-state index in [2.05, 4.69) is 0 Å². The summed E-state index contributed by atoms with van der Waals surface area (Å²) in [5.41, 5.74) is 1.79. The second-order valence-corrected chi connectivity index (χ2v) is 4.59. The molecule has 2 rings (SSSR count). The van der Waals surface area contributed by atoms with Gasteiger partial charge in [-0.25, -0.2) is 0 Å². The summed E-state index contributed by atoms with van der Waals surface area (Å²) in [7, 11) is 1.41. The molecule has 1 aromatic carbocycles. The zero-order valence-electron chi connectivity index (χ0n) is 10.5. The van der Waals surface area contributed by atoms with Crippen LogP contribution in [0.4, 0.5) is 0 Å². The number of hydrogen-bond acceptors (Lipinski definition) is 3. The van der Waals surface area contributed by atoms with Crippen LogP contribution in [0.25, 0.3) is 0 Å². The summed E-state index contributed by atoms with van der Waals surface area (Å²) in [6.45, 7) is 0. The Labute approximate surface area is 107 Å². The maximum atomic E-state index is 11.5. The lowest BCUT2D eigenvalue weighted by molar-refractivity contribution is -0.145. The van der Waals surface area contributed by atoms with Crippen molar-refractivity contribution in [3.63, 3.8) is 0 Å². The van der Waals surface area contributed by atoms with Crippen molar-refractivity contribution in [3.8, 4) is 0 Å². The van der Waals surface area contributed by atoms with E-state index in [1.165, 1.54) is 7.11 Å². The lowest BCUT2D eigenvalue weighted by Crippen LogP contribution is -2.21. The monoisotopic (exact) mass is 246 g/mol. The Kier molecular flexibility index (Phi) is 4.15. The number of benzene rings is 1. The van der Waals surface area contributed by atoms with Gasteiger partial charge in [-0.3, -0.25) is 4.79 Å². The van der Waals surface area contributed by atoms with Crippen molar-refractivity contribution in [1.29, 1.82) is 0 Å². The molecule has 0 bridgehead atoms. The fourth-order valence-electron chi connectivity index (χ4n) is 2.38. The van der Waals surface area contributed by atoms with Crippen LogP contribution < -0.4 is 0 Å². The summed E-state index contributed by atoms with van der Waals surface area (Å²) >= 11 is 0. The van der Waals surface area contributed by atoms with Crippen molar-refractivity contribution in [2.75, 3.05) is 7.11 Å². The van der Waals surface area contributed by atoms with Crippen molar-refractivity contribution in [3.05, 3.63) is 47.5 Å². The Hall–Kier alpha value is -1.61. The number of aliphatic hydroxyl groups is 1. The van der Waals surface area contributed by atoms with Crippen LogP contribution in [-0.4, -0.2) is 18.2 Å². The minimum Gasteiger partial charge on any atom is -0.469 e. The highest BCUT2D eigenvalue weighted by molar-refractivity contribution is 5.73. The van der Waals surface area contributed by atoms with Gasteiger partial charge in [0.2, 0.25) is 0 Å². The molecular formula is C15H18O3. The highest BCUT2D eigenvalue weighted by atomic mass is 16.5. The number of aliphatic hydroxyl groups excluding tert-OH is 1. The zero-order valence-corrected chi connectivity index (χ0v) is 10.5. The molecule has 0 amide bonds. The predicted molar refractivity (Wildman–Crippen MR) is 68.8 cm³/mol. The molecule has 0 aliphatic heterocycles. The average Bonchev–Trinajstić information content (AvgIpc) is 2.46. The van der Waals surface area contributed by atoms with Gasteiger partial charge < -0.3 is 9.84 Å². The van der Waals surface area contributed by atoms with Gasteiger partial charge in [0.25, 0.3) is 0 Å². The summed E-state index contributed by atoms with van der Waals surface area (Å²) in [6, 6.07) is 9.52. The van der Waals surface area contributed by atoms with E-state index in [4.69, 9.17) is 4.74 Å². The van der Waals surface area contributed by atoms with E-state index in [1.54, 1.807) is 0 Å². The third-order valence-electron chi connectivity index (χ3n) is 3.40. The highest BCUT2D eigenvalue weighted by Crippen LogP contribution is 2.33. The van der Waals surface area contributed by atoms with Crippen LogP contribution in [-0.2, 0) is 9.53 Å². The van der Waals surface area contributed by atoms with Crippen molar-refractivity contribution < 1.29 is 14.6 Å². The molecule has 0 saturated heterocycles. The minimum atomic E-state index is -0.612. The largest absolute Gasteiger partial charge is 0.469 e. The quantitative estimate of drug-likeness (QED) is 0.658. The van der Waals surface area contributed by atoms with Crippen molar-refractivity contribution in [1.82, 2.24) is 0 Å². The van der Waals surface area contributed by atoms with Gasteiger partial charge in [0.1, 0.15) is 6.10 Å². The zero-order chi connectivity index (χ0) is 13.0. The molecule has 0 radical (unpaired) electrons. The molecule has 96 valence electrons. The van der Waals surface area contributed by atoms with Gasteiger partial charge in [-0.1, -0.05) is 36.4 Å². The van der Waals surface area contributed by atoms with Gasteiger partial charge in [0.05, 0.1) is 13.0 Å². The number of hydrogen-bond donors (Lipinski definition) is 1. The Bertz CT molecular complexity index is 436. The van der Waals surface area contributed by atoms with Crippen LogP contribution in [0.3, 0.4) is 0 Å². The maximum Gasteiger partial charge on any atom is 0.308 e. The average molecular weight is 246 g/mol. The lowest BCUT2D eigenvalue weighted by Gasteiger charge is -2.24. The summed E-state index contributed by atoms with van der Waals surface area (Å²) in [5.74, 6) is -0.297. The molecule has 1 aromatic rings. The van der Waals surface area contributed by atoms with Crippen molar-refractivity contribution in [2.24, 2.45) is 5.92 Å². The summed E-state index contributed by atoms with van der Waals surface area (Å²) in [5, 5.41) is 10.3. The second kappa shape index (κ2) is 5.83. The molecule has 1 aliphatic carbocycles. The van der Waals surface area contributed by atoms with E-state index in [1.807, 2.05) is 36.4 Å². The maximum absolute atomic E-state index is 11.5. The smallest absolute Gasteiger partial charge is 0.308 e. The van der Waals surface area contributed by atoms with Gasteiger partial charge in [-0.2, -0.15) is 0 Å². The molecule has 3 heteroatoms. The second-order valence-electron chi connectivity index (χ2n) is 4.59. The van der Waals surface area contributed by atoms with Crippen LogP contribution >= 0.6 is 0 Å². The standard InChI is InChI=1S/C15H18O3/c1-18-15(17)13-9-5-8-12(10-13)14(16)11-6-3-2-4-7-11/h2-4,6-8,13-14,16H,5,9-10H2,1H3. The van der Waals surface area contributed by atoms with Gasteiger partial charge >= 0.3 is 5.97 Å². The van der Waals surface area contributed by atoms with Gasteiger partial charge in [-0.15, -0.1) is 0 Å². The molecule has 1 N–H and O–H groups in total. The summed E-state index contributed by atoms with van der Waals surface area (Å²) in [4.78, 5) is 11.5. The van der Waals surface area contributed by atoms with E-state index >= 15 is 0 Å². The molecule has 0 aromatic heterocycles. The van der Waals surface area contributed by atoms with Crippen LogP contribution in [0, 0.1) is 5.92 Å². The molecule has 0 saturated carbocycles. The molecule has 0 spiro atoms. The van der Waals surface area contributed by atoms with Gasteiger partial charge in [0.15, 0.2) is 0 Å². The number of rotatable bonds is 3. The first kappa shape index (κ1) is 12.8. The van der Waals surface area contributed by atoms with Crippen LogP contribution in [0.1, 0.15) is 30.9 Å². The molecule has 2 atom stereocenters. The van der Waals surface area contributed by atoms with Crippen LogP contribution in [0.5, 0.6) is 0 Å². The lowest BCUT2D eigenvalue weighted by atomic mass is 9.84. The number of ether oxygens (including phenoxy) is 1. The normalized spacial score (nSPS) is 21.0. The molecule has 0 fully saturated rings. The molecule has 18 heavy (non-hydrogen) atoms. The highest BCUT2D eigenvalue weighted by Gasteiger charge is 2.26. The number of esters is 1. The number of carbonyl (C=O) groups excluding carboxylic acids is 1. The first-order chi connectivity index (χ1) is 8.72. The minimum absolute atomic E-state index is 0.117. The molecule has 1 aliphatic rings. The Morgan fingerprint density at radius 2 is 2.11 bits per heavy atom. The number of carbonyl (C=O) groups is 1. The Balaban J connectivity index is 2.10. The van der Waals surface area contributed by atoms with E-state index in [0.29, 0.717) is 6.42 Å². The van der Waals surface area contributed by atoms with Gasteiger partial charge in [0, 0.05) is 0 Å². The van der Waals surface area contributed by atoms with E-state index in [-0.39, 0.29) is 11.9 Å². The third kappa shape index (κ3) is 2.79. The molecule has 3 nitrogen and oxygen atoms in total. The van der Waals surface area contributed by atoms with E-state index < -0.39 is 6.10 Å². The molecule has 0 heterocycles.